The molecular formula is C12H21NO. The van der Waals surface area contributed by atoms with E-state index in [0.29, 0.717) is 5.92 Å². The van der Waals surface area contributed by atoms with Crippen LogP contribution in [0.5, 0.6) is 0 Å². The predicted octanol–water partition coefficient (Wildman–Crippen LogP) is 2.69. The monoisotopic (exact) mass is 195 g/mol. The van der Waals surface area contributed by atoms with Gasteiger partial charge in [0.2, 0.25) is 0 Å². The summed E-state index contributed by atoms with van der Waals surface area (Å²) in [5, 5.41) is 3.28. The smallest absolute Gasteiger partial charge is 0.123 e. The summed E-state index contributed by atoms with van der Waals surface area (Å²) in [4.78, 5) is 10.4. The highest BCUT2D eigenvalue weighted by molar-refractivity contribution is 5.51. The largest absolute Gasteiger partial charge is 0.389 e. The second kappa shape index (κ2) is 7.40. The van der Waals surface area contributed by atoms with E-state index in [4.69, 9.17) is 0 Å². The third kappa shape index (κ3) is 4.88. The summed E-state index contributed by atoms with van der Waals surface area (Å²) in [5.41, 5.74) is 1.82. The fraction of sp³-hybridized carbons (Fsp3) is 0.667. The first-order valence-corrected chi connectivity index (χ1v) is 5.28. The van der Waals surface area contributed by atoms with Crippen molar-refractivity contribution in [1.82, 2.24) is 5.32 Å². The molecule has 2 heteroatoms. The molecule has 0 aromatic rings. The van der Waals surface area contributed by atoms with E-state index < -0.39 is 0 Å². The SMILES string of the molecule is C=C(NCCC)C(CC)CC(C)=C=O. The van der Waals surface area contributed by atoms with Gasteiger partial charge in [0.1, 0.15) is 5.94 Å². The molecule has 0 aromatic carbocycles. The third-order valence-electron chi connectivity index (χ3n) is 2.31. The van der Waals surface area contributed by atoms with Crippen LogP contribution in [0.1, 0.15) is 40.0 Å². The van der Waals surface area contributed by atoms with Gasteiger partial charge in [-0.15, -0.1) is 0 Å². The van der Waals surface area contributed by atoms with Crippen molar-refractivity contribution in [3.05, 3.63) is 17.8 Å². The highest BCUT2D eigenvalue weighted by Crippen LogP contribution is 2.18. The average Bonchev–Trinajstić information content (AvgIpc) is 2.21. The van der Waals surface area contributed by atoms with Crippen LogP contribution in [0.3, 0.4) is 0 Å². The van der Waals surface area contributed by atoms with Gasteiger partial charge in [-0.3, -0.25) is 0 Å². The van der Waals surface area contributed by atoms with Crippen molar-refractivity contribution in [2.75, 3.05) is 6.54 Å². The maximum absolute atomic E-state index is 10.4. The van der Waals surface area contributed by atoms with Crippen molar-refractivity contribution in [1.29, 1.82) is 0 Å². The van der Waals surface area contributed by atoms with Crippen LogP contribution < -0.4 is 5.32 Å². The van der Waals surface area contributed by atoms with Crippen LogP contribution in [-0.4, -0.2) is 12.5 Å². The molecule has 0 saturated heterocycles. The highest BCUT2D eigenvalue weighted by Gasteiger charge is 2.10. The molecule has 0 aromatic heterocycles. The Morgan fingerprint density at radius 2 is 2.14 bits per heavy atom. The molecule has 0 aliphatic carbocycles. The fourth-order valence-corrected chi connectivity index (χ4v) is 1.36. The quantitative estimate of drug-likeness (QED) is 0.633. The molecule has 0 heterocycles. The summed E-state index contributed by atoms with van der Waals surface area (Å²) in [5.74, 6) is 2.30. The summed E-state index contributed by atoms with van der Waals surface area (Å²) in [6.07, 6.45) is 2.88. The lowest BCUT2D eigenvalue weighted by atomic mass is 9.95. The van der Waals surface area contributed by atoms with E-state index in [0.717, 1.165) is 37.1 Å². The summed E-state index contributed by atoms with van der Waals surface area (Å²) in [7, 11) is 0. The minimum atomic E-state index is 0.364. The van der Waals surface area contributed by atoms with E-state index in [-0.39, 0.29) is 0 Å². The highest BCUT2D eigenvalue weighted by atomic mass is 16.1. The summed E-state index contributed by atoms with van der Waals surface area (Å²) < 4.78 is 0. The molecule has 0 rings (SSSR count). The van der Waals surface area contributed by atoms with Crippen molar-refractivity contribution in [3.63, 3.8) is 0 Å². The summed E-state index contributed by atoms with van der Waals surface area (Å²) >= 11 is 0. The minimum Gasteiger partial charge on any atom is -0.389 e. The fourth-order valence-electron chi connectivity index (χ4n) is 1.36. The molecule has 0 aliphatic rings. The summed E-state index contributed by atoms with van der Waals surface area (Å²) in [6, 6.07) is 0. The topological polar surface area (TPSA) is 29.1 Å². The first kappa shape index (κ1) is 13.0. The molecule has 1 unspecified atom stereocenters. The van der Waals surface area contributed by atoms with Gasteiger partial charge < -0.3 is 5.32 Å². The Balaban J connectivity index is 4.12. The second-order valence-corrected chi connectivity index (χ2v) is 3.64. The second-order valence-electron chi connectivity index (χ2n) is 3.64. The van der Waals surface area contributed by atoms with Crippen LogP contribution in [0, 0.1) is 5.92 Å². The molecule has 0 radical (unpaired) electrons. The molecule has 0 spiro atoms. The Bertz CT molecular complexity index is 226. The molecule has 0 aliphatic heterocycles. The predicted molar refractivity (Wildman–Crippen MR) is 60.7 cm³/mol. The van der Waals surface area contributed by atoms with Crippen molar-refractivity contribution in [2.45, 2.75) is 40.0 Å². The van der Waals surface area contributed by atoms with Crippen LogP contribution in [-0.2, 0) is 4.79 Å². The average molecular weight is 195 g/mol. The van der Waals surface area contributed by atoms with Crippen LogP contribution in [0.25, 0.3) is 0 Å². The Labute approximate surface area is 87.1 Å². The number of rotatable bonds is 7. The van der Waals surface area contributed by atoms with Gasteiger partial charge in [0.05, 0.1) is 0 Å². The maximum atomic E-state index is 10.4. The molecule has 0 saturated carbocycles. The standard InChI is InChI=1S/C12H21NO/c1-5-7-13-11(4)12(6-2)8-10(3)9-14/h12-13H,4-8H2,1-3H3. The zero-order valence-corrected chi connectivity index (χ0v) is 9.52. The number of hydrogen-bond donors (Lipinski definition) is 1. The van der Waals surface area contributed by atoms with Crippen LogP contribution >= 0.6 is 0 Å². The van der Waals surface area contributed by atoms with E-state index >= 15 is 0 Å². The molecule has 0 amide bonds. The van der Waals surface area contributed by atoms with Gasteiger partial charge in [-0.05, 0) is 26.2 Å². The van der Waals surface area contributed by atoms with Crippen molar-refractivity contribution in [3.8, 4) is 0 Å². The molecule has 1 atom stereocenters. The summed E-state index contributed by atoms with van der Waals surface area (Å²) in [6.45, 7) is 11.0. The van der Waals surface area contributed by atoms with Gasteiger partial charge in [-0.2, -0.15) is 0 Å². The molecule has 14 heavy (non-hydrogen) atoms. The number of allylic oxidation sites excluding steroid dienone is 2. The van der Waals surface area contributed by atoms with E-state index in [1.165, 1.54) is 0 Å². The van der Waals surface area contributed by atoms with Crippen LogP contribution in [0.2, 0.25) is 0 Å². The minimum absolute atomic E-state index is 0.364. The van der Waals surface area contributed by atoms with E-state index in [1.54, 1.807) is 0 Å². The maximum Gasteiger partial charge on any atom is 0.123 e. The lowest BCUT2D eigenvalue weighted by molar-refractivity contribution is 0.531. The zero-order chi connectivity index (χ0) is 11.0. The van der Waals surface area contributed by atoms with E-state index in [9.17, 15) is 4.79 Å². The number of hydrogen-bond acceptors (Lipinski definition) is 2. The molecular weight excluding hydrogens is 174 g/mol. The van der Waals surface area contributed by atoms with Crippen molar-refractivity contribution < 1.29 is 4.79 Å². The molecule has 2 nitrogen and oxygen atoms in total. The Morgan fingerprint density at radius 1 is 1.50 bits per heavy atom. The Morgan fingerprint density at radius 3 is 2.57 bits per heavy atom. The van der Waals surface area contributed by atoms with Gasteiger partial charge >= 0.3 is 0 Å². The first-order valence-electron chi connectivity index (χ1n) is 5.28. The molecule has 1 N–H and O–H groups in total. The van der Waals surface area contributed by atoms with Crippen LogP contribution in [0.4, 0.5) is 0 Å². The van der Waals surface area contributed by atoms with Crippen LogP contribution in [0.15, 0.2) is 17.8 Å². The van der Waals surface area contributed by atoms with Gasteiger partial charge in [0, 0.05) is 23.7 Å². The molecule has 80 valence electrons. The van der Waals surface area contributed by atoms with Gasteiger partial charge in [-0.1, -0.05) is 20.4 Å². The third-order valence-corrected chi connectivity index (χ3v) is 2.31. The van der Waals surface area contributed by atoms with Crippen molar-refractivity contribution in [2.24, 2.45) is 5.92 Å². The van der Waals surface area contributed by atoms with Gasteiger partial charge in [-0.25, -0.2) is 4.79 Å². The first-order chi connectivity index (χ1) is 6.65. The molecule has 0 fully saturated rings. The number of nitrogens with one attached hydrogen (secondary N) is 1. The van der Waals surface area contributed by atoms with Gasteiger partial charge in [0.15, 0.2) is 0 Å². The Hall–Kier alpha value is -1.01. The zero-order valence-electron chi connectivity index (χ0n) is 9.52. The Kier molecular flexibility index (Phi) is 6.87. The lowest BCUT2D eigenvalue weighted by Crippen LogP contribution is -2.20. The molecule has 0 bridgehead atoms. The van der Waals surface area contributed by atoms with E-state index in [2.05, 4.69) is 25.7 Å². The lowest BCUT2D eigenvalue weighted by Gasteiger charge is -2.18. The number of carbonyl (C=O) groups excluding carboxylic acids is 1. The normalized spacial score (nSPS) is 11.6. The van der Waals surface area contributed by atoms with Gasteiger partial charge in [0.25, 0.3) is 0 Å². The van der Waals surface area contributed by atoms with Crippen molar-refractivity contribution >= 4 is 5.94 Å². The van der Waals surface area contributed by atoms with E-state index in [1.807, 2.05) is 12.9 Å².